The zero-order chi connectivity index (χ0) is 15.5. The first kappa shape index (κ1) is 16.7. The van der Waals surface area contributed by atoms with Crippen LogP contribution < -0.4 is 0 Å². The summed E-state index contributed by atoms with van der Waals surface area (Å²) in [5.74, 6) is -0.0609. The number of sulfone groups is 1. The zero-order valence-corrected chi connectivity index (χ0v) is 13.3. The highest BCUT2D eigenvalue weighted by molar-refractivity contribution is 7.91. The van der Waals surface area contributed by atoms with Crippen molar-refractivity contribution in [3.05, 3.63) is 0 Å². The summed E-state index contributed by atoms with van der Waals surface area (Å²) in [4.78, 5) is 15.9. The molecule has 21 heavy (non-hydrogen) atoms. The molecule has 0 aromatic rings. The van der Waals surface area contributed by atoms with Crippen LogP contribution in [-0.2, 0) is 19.4 Å². The minimum atomic E-state index is -2.95. The number of hydrogen-bond donors (Lipinski definition) is 1. The Labute approximate surface area is 125 Å². The Hall–Kier alpha value is -0.700. The SMILES string of the molecule is COCCN1CCC[C@](O)(CN2CCS(=O)(=O)CC2)C1=O. The lowest BCUT2D eigenvalue weighted by molar-refractivity contribution is -0.160. The first-order valence-corrected chi connectivity index (χ1v) is 9.12. The highest BCUT2D eigenvalue weighted by atomic mass is 32.2. The number of methoxy groups -OCH3 is 1. The van der Waals surface area contributed by atoms with Crippen LogP contribution in [0.25, 0.3) is 0 Å². The molecule has 0 aromatic heterocycles. The van der Waals surface area contributed by atoms with Crippen LogP contribution in [0.2, 0.25) is 0 Å². The van der Waals surface area contributed by atoms with Gasteiger partial charge < -0.3 is 14.7 Å². The van der Waals surface area contributed by atoms with E-state index in [1.54, 1.807) is 12.0 Å². The molecule has 0 spiro atoms. The highest BCUT2D eigenvalue weighted by Crippen LogP contribution is 2.24. The van der Waals surface area contributed by atoms with Gasteiger partial charge in [-0.1, -0.05) is 0 Å². The van der Waals surface area contributed by atoms with Crippen molar-refractivity contribution < 1.29 is 23.1 Å². The molecule has 1 amide bonds. The van der Waals surface area contributed by atoms with Gasteiger partial charge in [0.05, 0.1) is 18.1 Å². The van der Waals surface area contributed by atoms with Crippen LogP contribution >= 0.6 is 0 Å². The fraction of sp³-hybridized carbons (Fsp3) is 0.923. The lowest BCUT2D eigenvalue weighted by Crippen LogP contribution is -2.60. The van der Waals surface area contributed by atoms with Gasteiger partial charge in [-0.3, -0.25) is 9.69 Å². The number of carbonyl (C=O) groups excluding carboxylic acids is 1. The van der Waals surface area contributed by atoms with E-state index in [0.29, 0.717) is 39.2 Å². The van der Waals surface area contributed by atoms with Crippen LogP contribution in [0.5, 0.6) is 0 Å². The van der Waals surface area contributed by atoms with Crippen LogP contribution in [0.4, 0.5) is 0 Å². The third-order valence-electron chi connectivity index (χ3n) is 4.19. The molecule has 2 saturated heterocycles. The first-order valence-electron chi connectivity index (χ1n) is 7.30. The highest BCUT2D eigenvalue weighted by Gasteiger charge is 2.43. The predicted octanol–water partition coefficient (Wildman–Crippen LogP) is -1.28. The van der Waals surface area contributed by atoms with E-state index in [-0.39, 0.29) is 24.0 Å². The average Bonchev–Trinajstić information content (AvgIpc) is 2.43. The van der Waals surface area contributed by atoms with Gasteiger partial charge in [-0.2, -0.15) is 0 Å². The van der Waals surface area contributed by atoms with Crippen LogP contribution in [0.3, 0.4) is 0 Å². The van der Waals surface area contributed by atoms with Gasteiger partial charge in [0.1, 0.15) is 0 Å². The molecular weight excluding hydrogens is 296 g/mol. The number of aliphatic hydroxyl groups is 1. The summed E-state index contributed by atoms with van der Waals surface area (Å²) in [7, 11) is -1.37. The fourth-order valence-electron chi connectivity index (χ4n) is 2.90. The number of piperidine rings is 1. The van der Waals surface area contributed by atoms with E-state index in [9.17, 15) is 18.3 Å². The summed E-state index contributed by atoms with van der Waals surface area (Å²) in [5, 5.41) is 10.7. The molecule has 2 fully saturated rings. The maximum Gasteiger partial charge on any atom is 0.255 e. The monoisotopic (exact) mass is 320 g/mol. The second-order valence-electron chi connectivity index (χ2n) is 5.85. The second-order valence-corrected chi connectivity index (χ2v) is 8.15. The zero-order valence-electron chi connectivity index (χ0n) is 12.5. The van der Waals surface area contributed by atoms with E-state index in [1.165, 1.54) is 0 Å². The van der Waals surface area contributed by atoms with E-state index in [1.807, 2.05) is 4.90 Å². The van der Waals surface area contributed by atoms with Gasteiger partial charge in [0.25, 0.3) is 5.91 Å². The molecular formula is C13H24N2O5S. The molecule has 122 valence electrons. The topological polar surface area (TPSA) is 87.2 Å². The second kappa shape index (κ2) is 6.60. The molecule has 0 unspecified atom stereocenters. The van der Waals surface area contributed by atoms with E-state index in [4.69, 9.17) is 4.74 Å². The van der Waals surface area contributed by atoms with Crippen molar-refractivity contribution in [2.45, 2.75) is 18.4 Å². The molecule has 0 radical (unpaired) electrons. The molecule has 2 aliphatic rings. The Balaban J connectivity index is 1.95. The van der Waals surface area contributed by atoms with Crippen LogP contribution in [-0.4, -0.2) is 92.8 Å². The summed E-state index contributed by atoms with van der Waals surface area (Å²) in [5.41, 5.74) is -1.40. The molecule has 1 N–H and O–H groups in total. The molecule has 2 heterocycles. The normalized spacial score (nSPS) is 30.6. The van der Waals surface area contributed by atoms with Gasteiger partial charge in [0.2, 0.25) is 0 Å². The molecule has 7 nitrogen and oxygen atoms in total. The maximum atomic E-state index is 12.4. The minimum absolute atomic E-state index is 0.102. The Morgan fingerprint density at radius 2 is 1.95 bits per heavy atom. The summed E-state index contributed by atoms with van der Waals surface area (Å²) < 4.78 is 27.8. The number of β-amino-alcohol motifs (C(OH)–C–C–N with tert-alkyl or cyclic N) is 1. The van der Waals surface area contributed by atoms with Crippen molar-refractivity contribution in [2.75, 3.05) is 57.9 Å². The molecule has 0 saturated carbocycles. The molecule has 2 rings (SSSR count). The molecule has 8 heteroatoms. The van der Waals surface area contributed by atoms with Crippen molar-refractivity contribution in [3.63, 3.8) is 0 Å². The number of ether oxygens (including phenoxy) is 1. The largest absolute Gasteiger partial charge is 0.383 e. The molecule has 1 atom stereocenters. The first-order chi connectivity index (χ1) is 9.86. The van der Waals surface area contributed by atoms with Crippen LogP contribution in [0.1, 0.15) is 12.8 Å². The Morgan fingerprint density at radius 3 is 2.57 bits per heavy atom. The number of likely N-dealkylation sites (tertiary alicyclic amines) is 1. The quantitative estimate of drug-likeness (QED) is 0.679. The van der Waals surface area contributed by atoms with Gasteiger partial charge >= 0.3 is 0 Å². The van der Waals surface area contributed by atoms with Crippen molar-refractivity contribution in [1.29, 1.82) is 0 Å². The number of rotatable bonds is 5. The van der Waals surface area contributed by atoms with Gasteiger partial charge in [-0.15, -0.1) is 0 Å². The third kappa shape index (κ3) is 4.15. The average molecular weight is 320 g/mol. The lowest BCUT2D eigenvalue weighted by atomic mass is 9.91. The van der Waals surface area contributed by atoms with Crippen molar-refractivity contribution in [1.82, 2.24) is 9.80 Å². The molecule has 0 aromatic carbocycles. The lowest BCUT2D eigenvalue weighted by Gasteiger charge is -2.41. The van der Waals surface area contributed by atoms with E-state index in [0.717, 1.165) is 6.42 Å². The number of nitrogens with zero attached hydrogens (tertiary/aromatic N) is 2. The standard InChI is InChI=1S/C13H24N2O5S/c1-20-8-5-15-4-2-3-13(17,12(15)16)11-14-6-9-21(18,19)10-7-14/h17H,2-11H2,1H3/t13-/m0/s1. The van der Waals surface area contributed by atoms with Gasteiger partial charge in [0.15, 0.2) is 15.4 Å². The maximum absolute atomic E-state index is 12.4. The number of amides is 1. The van der Waals surface area contributed by atoms with Gasteiger partial charge in [0, 0.05) is 39.8 Å². The summed E-state index contributed by atoms with van der Waals surface area (Å²) in [6.07, 6.45) is 1.18. The molecule has 0 aliphatic carbocycles. The Kier molecular flexibility index (Phi) is 5.24. The van der Waals surface area contributed by atoms with Gasteiger partial charge in [-0.25, -0.2) is 8.42 Å². The molecule has 2 aliphatic heterocycles. The van der Waals surface area contributed by atoms with E-state index in [2.05, 4.69) is 0 Å². The summed E-state index contributed by atoms with van der Waals surface area (Å²) >= 11 is 0. The van der Waals surface area contributed by atoms with Crippen molar-refractivity contribution >= 4 is 15.7 Å². The number of carbonyl (C=O) groups is 1. The molecule has 0 bridgehead atoms. The van der Waals surface area contributed by atoms with Crippen LogP contribution in [0, 0.1) is 0 Å². The van der Waals surface area contributed by atoms with Crippen molar-refractivity contribution in [3.8, 4) is 0 Å². The van der Waals surface area contributed by atoms with Crippen LogP contribution in [0.15, 0.2) is 0 Å². The smallest absolute Gasteiger partial charge is 0.255 e. The Bertz CT molecular complexity index is 467. The summed E-state index contributed by atoms with van der Waals surface area (Å²) in [6.45, 7) is 2.55. The third-order valence-corrected chi connectivity index (χ3v) is 5.80. The van der Waals surface area contributed by atoms with E-state index >= 15 is 0 Å². The van der Waals surface area contributed by atoms with Crippen molar-refractivity contribution in [2.24, 2.45) is 0 Å². The van der Waals surface area contributed by atoms with Gasteiger partial charge in [-0.05, 0) is 12.8 Å². The fourth-order valence-corrected chi connectivity index (χ4v) is 4.18. The number of hydrogen-bond acceptors (Lipinski definition) is 6. The predicted molar refractivity (Wildman–Crippen MR) is 77.7 cm³/mol. The van der Waals surface area contributed by atoms with E-state index < -0.39 is 15.4 Å². The Morgan fingerprint density at radius 1 is 1.29 bits per heavy atom. The summed E-state index contributed by atoms with van der Waals surface area (Å²) in [6, 6.07) is 0. The minimum Gasteiger partial charge on any atom is -0.383 e.